The molecule has 0 aliphatic heterocycles. The molecule has 0 aromatic heterocycles. The molecule has 0 bridgehead atoms. The molecule has 0 unspecified atom stereocenters. The number of anilines is 1. The Kier molecular flexibility index (Phi) is 5.00. The largest absolute Gasteiger partial charge is 0.399 e. The van der Waals surface area contributed by atoms with Gasteiger partial charge in [-0.25, -0.2) is 8.42 Å². The van der Waals surface area contributed by atoms with Crippen LogP contribution < -0.4 is 5.73 Å². The van der Waals surface area contributed by atoms with Gasteiger partial charge in [-0.2, -0.15) is 4.31 Å². The minimum atomic E-state index is -3.66. The van der Waals surface area contributed by atoms with Crippen molar-refractivity contribution in [2.24, 2.45) is 0 Å². The number of hydrogen-bond donors (Lipinski definition) is 2. The summed E-state index contributed by atoms with van der Waals surface area (Å²) in [5.74, 6) is 0. The van der Waals surface area contributed by atoms with Crippen LogP contribution in [0.1, 0.15) is 20.8 Å². The molecule has 19 heavy (non-hydrogen) atoms. The van der Waals surface area contributed by atoms with Crippen molar-refractivity contribution in [3.8, 4) is 0 Å². The molecule has 5 nitrogen and oxygen atoms in total. The van der Waals surface area contributed by atoms with E-state index < -0.39 is 15.6 Å². The molecule has 1 aromatic rings. The topological polar surface area (TPSA) is 83.6 Å². The third kappa shape index (κ3) is 4.17. The Labute approximate surface area is 122 Å². The number of nitrogen functional groups attached to an aromatic ring is 1. The Morgan fingerprint density at radius 2 is 2.00 bits per heavy atom. The van der Waals surface area contributed by atoms with E-state index in [0.29, 0.717) is 10.2 Å². The molecule has 1 rings (SSSR count). The molecule has 0 amide bonds. The van der Waals surface area contributed by atoms with Crippen LogP contribution in [0.15, 0.2) is 27.6 Å². The quantitative estimate of drug-likeness (QED) is 0.793. The number of sulfonamides is 1. The Bertz CT molecular complexity index is 553. The summed E-state index contributed by atoms with van der Waals surface area (Å²) in [6.07, 6.45) is 0. The van der Waals surface area contributed by atoms with Crippen LogP contribution >= 0.6 is 15.9 Å². The number of benzene rings is 1. The molecule has 7 heteroatoms. The molecule has 0 aliphatic rings. The Hall–Kier alpha value is -0.630. The highest BCUT2D eigenvalue weighted by molar-refractivity contribution is 9.10. The minimum Gasteiger partial charge on any atom is -0.399 e. The maximum absolute atomic E-state index is 12.5. The van der Waals surface area contributed by atoms with Crippen molar-refractivity contribution in [1.29, 1.82) is 0 Å². The third-order valence-corrected chi connectivity index (χ3v) is 5.39. The number of likely N-dealkylation sites (N-methyl/N-ethyl adjacent to an activating group) is 1. The van der Waals surface area contributed by atoms with Gasteiger partial charge in [-0.1, -0.05) is 6.92 Å². The second kappa shape index (κ2) is 5.78. The van der Waals surface area contributed by atoms with E-state index in [9.17, 15) is 13.5 Å². The van der Waals surface area contributed by atoms with Crippen molar-refractivity contribution in [2.45, 2.75) is 31.3 Å². The Morgan fingerprint density at radius 1 is 1.42 bits per heavy atom. The number of halogens is 1. The van der Waals surface area contributed by atoms with E-state index in [-0.39, 0.29) is 18.0 Å². The summed E-state index contributed by atoms with van der Waals surface area (Å²) in [5.41, 5.74) is 4.99. The molecule has 0 aliphatic carbocycles. The monoisotopic (exact) mass is 350 g/mol. The van der Waals surface area contributed by atoms with Crippen LogP contribution in [0, 0.1) is 0 Å². The highest BCUT2D eigenvalue weighted by Crippen LogP contribution is 2.27. The number of nitrogens with two attached hydrogens (primary N) is 1. The molecule has 1 aromatic carbocycles. The fourth-order valence-electron chi connectivity index (χ4n) is 1.66. The molecule has 0 atom stereocenters. The lowest BCUT2D eigenvalue weighted by atomic mass is 10.1. The Balaban J connectivity index is 3.21. The van der Waals surface area contributed by atoms with Gasteiger partial charge in [0.15, 0.2) is 0 Å². The van der Waals surface area contributed by atoms with Crippen molar-refractivity contribution >= 4 is 31.6 Å². The van der Waals surface area contributed by atoms with Gasteiger partial charge in [0.1, 0.15) is 0 Å². The van der Waals surface area contributed by atoms with Crippen molar-refractivity contribution in [3.05, 3.63) is 22.7 Å². The van der Waals surface area contributed by atoms with E-state index >= 15 is 0 Å². The average Bonchev–Trinajstić information content (AvgIpc) is 2.23. The van der Waals surface area contributed by atoms with Gasteiger partial charge in [0.25, 0.3) is 0 Å². The summed E-state index contributed by atoms with van der Waals surface area (Å²) >= 11 is 3.21. The average molecular weight is 351 g/mol. The highest BCUT2D eigenvalue weighted by atomic mass is 79.9. The summed E-state index contributed by atoms with van der Waals surface area (Å²) < 4.78 is 26.7. The van der Waals surface area contributed by atoms with E-state index in [0.717, 1.165) is 0 Å². The van der Waals surface area contributed by atoms with Crippen LogP contribution in [-0.4, -0.2) is 36.5 Å². The predicted molar refractivity (Wildman–Crippen MR) is 79.3 cm³/mol. The molecule has 0 fully saturated rings. The zero-order valence-electron chi connectivity index (χ0n) is 11.2. The van der Waals surface area contributed by atoms with E-state index in [1.807, 2.05) is 0 Å². The first-order chi connectivity index (χ1) is 8.58. The maximum Gasteiger partial charge on any atom is 0.244 e. The van der Waals surface area contributed by atoms with Crippen molar-refractivity contribution in [3.63, 3.8) is 0 Å². The first-order valence-corrected chi connectivity index (χ1v) is 8.09. The molecular formula is C12H19BrN2O3S. The molecule has 0 saturated carbocycles. The number of nitrogens with zero attached hydrogens (tertiary/aromatic N) is 1. The van der Waals surface area contributed by atoms with Crippen LogP contribution in [0.4, 0.5) is 5.69 Å². The van der Waals surface area contributed by atoms with Crippen LogP contribution in [-0.2, 0) is 10.0 Å². The second-order valence-electron chi connectivity index (χ2n) is 4.93. The molecule has 3 N–H and O–H groups in total. The third-order valence-electron chi connectivity index (χ3n) is 2.49. The van der Waals surface area contributed by atoms with E-state index in [1.165, 1.54) is 16.4 Å². The summed E-state index contributed by atoms with van der Waals surface area (Å²) in [7, 11) is -3.66. The van der Waals surface area contributed by atoms with Gasteiger partial charge in [-0.05, 0) is 48.0 Å². The first kappa shape index (κ1) is 16.4. The van der Waals surface area contributed by atoms with Crippen molar-refractivity contribution in [1.82, 2.24) is 4.31 Å². The number of aliphatic hydroxyl groups is 1. The Morgan fingerprint density at radius 3 is 2.42 bits per heavy atom. The summed E-state index contributed by atoms with van der Waals surface area (Å²) in [5, 5.41) is 9.80. The van der Waals surface area contributed by atoms with E-state index in [2.05, 4.69) is 15.9 Å². The van der Waals surface area contributed by atoms with Gasteiger partial charge in [0.05, 0.1) is 10.5 Å². The number of rotatable bonds is 5. The molecule has 108 valence electrons. The van der Waals surface area contributed by atoms with Crippen LogP contribution in [0.25, 0.3) is 0 Å². The lowest BCUT2D eigenvalue weighted by Gasteiger charge is -2.27. The molecule has 0 saturated heterocycles. The zero-order chi connectivity index (χ0) is 14.8. The molecular weight excluding hydrogens is 332 g/mol. The van der Waals surface area contributed by atoms with Crippen molar-refractivity contribution < 1.29 is 13.5 Å². The predicted octanol–water partition coefficient (Wildman–Crippen LogP) is 1.81. The summed E-state index contributed by atoms with van der Waals surface area (Å²) in [6.45, 7) is 5.19. The second-order valence-corrected chi connectivity index (χ2v) is 7.69. The summed E-state index contributed by atoms with van der Waals surface area (Å²) in [4.78, 5) is 0.146. The lowest BCUT2D eigenvalue weighted by Crippen LogP contribution is -2.42. The van der Waals surface area contributed by atoms with Gasteiger partial charge >= 0.3 is 0 Å². The smallest absolute Gasteiger partial charge is 0.244 e. The maximum atomic E-state index is 12.5. The van der Waals surface area contributed by atoms with Gasteiger partial charge in [0, 0.05) is 23.2 Å². The summed E-state index contributed by atoms with van der Waals surface area (Å²) in [6, 6.07) is 4.54. The SMILES string of the molecule is CCN(CC(C)(C)O)S(=O)(=O)c1ccc(N)cc1Br. The zero-order valence-corrected chi connectivity index (χ0v) is 13.6. The normalized spacial score (nSPS) is 12.9. The first-order valence-electron chi connectivity index (χ1n) is 5.85. The van der Waals surface area contributed by atoms with E-state index in [1.54, 1.807) is 26.8 Å². The van der Waals surface area contributed by atoms with Gasteiger partial charge < -0.3 is 10.8 Å². The van der Waals surface area contributed by atoms with Gasteiger partial charge in [0.2, 0.25) is 10.0 Å². The van der Waals surface area contributed by atoms with E-state index in [4.69, 9.17) is 5.73 Å². The number of hydrogen-bond acceptors (Lipinski definition) is 4. The molecule has 0 spiro atoms. The lowest BCUT2D eigenvalue weighted by molar-refractivity contribution is 0.0601. The molecule has 0 radical (unpaired) electrons. The van der Waals surface area contributed by atoms with Crippen LogP contribution in [0.5, 0.6) is 0 Å². The highest BCUT2D eigenvalue weighted by Gasteiger charge is 2.29. The van der Waals surface area contributed by atoms with Crippen LogP contribution in [0.3, 0.4) is 0 Å². The van der Waals surface area contributed by atoms with Gasteiger partial charge in [-0.15, -0.1) is 0 Å². The minimum absolute atomic E-state index is 0.0304. The standard InChI is InChI=1S/C12H19BrN2O3S/c1-4-15(8-12(2,3)16)19(17,18)11-6-5-9(14)7-10(11)13/h5-7,16H,4,8,14H2,1-3H3. The fraction of sp³-hybridized carbons (Fsp3) is 0.500. The molecule has 0 heterocycles. The van der Waals surface area contributed by atoms with Crippen LogP contribution in [0.2, 0.25) is 0 Å². The van der Waals surface area contributed by atoms with Gasteiger partial charge in [-0.3, -0.25) is 0 Å². The van der Waals surface area contributed by atoms with Crippen molar-refractivity contribution in [2.75, 3.05) is 18.8 Å². The fourth-order valence-corrected chi connectivity index (χ4v) is 4.32.